The van der Waals surface area contributed by atoms with E-state index in [1.165, 1.54) is 19.3 Å². The molecule has 1 aromatic carbocycles. The van der Waals surface area contributed by atoms with E-state index in [1.807, 2.05) is 12.1 Å². The maximum absolute atomic E-state index is 12.2. The van der Waals surface area contributed by atoms with Crippen LogP contribution in [0.3, 0.4) is 0 Å². The summed E-state index contributed by atoms with van der Waals surface area (Å²) in [6.45, 7) is 12.6. The summed E-state index contributed by atoms with van der Waals surface area (Å²) in [5.41, 5.74) is 3.24. The number of nitroso groups, excluding NO2 is 1. The summed E-state index contributed by atoms with van der Waals surface area (Å²) >= 11 is 0. The van der Waals surface area contributed by atoms with Crippen molar-refractivity contribution in [2.24, 2.45) is 16.0 Å². The molecular weight excluding hydrogens is 354 g/mol. The van der Waals surface area contributed by atoms with E-state index in [0.717, 1.165) is 17.8 Å². The zero-order valence-electron chi connectivity index (χ0n) is 17.0. The molecule has 2 fully saturated rings. The third-order valence-corrected chi connectivity index (χ3v) is 5.97. The number of amides is 2. The standard InChI is InChI=1S/C22H29N3O3/c1-15(25-14-22(4)12-18(25)11-21(2,3)13-22)16-5-7-17(8-6-16)20(27)23-10-9-19(26)24-28/h5-8,18H,1,9-14H2,2-4H3,(H,23,27). The highest BCUT2D eigenvalue weighted by Crippen LogP contribution is 2.54. The first-order valence-corrected chi connectivity index (χ1v) is 9.83. The van der Waals surface area contributed by atoms with Crippen LogP contribution in [0.5, 0.6) is 0 Å². The van der Waals surface area contributed by atoms with Crippen molar-refractivity contribution in [2.75, 3.05) is 13.1 Å². The second kappa shape index (κ2) is 7.49. The molecule has 150 valence electrons. The van der Waals surface area contributed by atoms with Gasteiger partial charge < -0.3 is 10.2 Å². The molecule has 0 spiro atoms. The predicted molar refractivity (Wildman–Crippen MR) is 109 cm³/mol. The lowest BCUT2D eigenvalue weighted by molar-refractivity contribution is -0.117. The fourth-order valence-corrected chi connectivity index (χ4v) is 5.19. The normalized spacial score (nSPS) is 25.2. The predicted octanol–water partition coefficient (Wildman–Crippen LogP) is 3.97. The molecule has 2 aliphatic rings. The SMILES string of the molecule is C=C(c1ccc(C(=O)NCCC(=O)N=O)cc1)N1CC2(C)CC1CC(C)(C)C2. The van der Waals surface area contributed by atoms with Gasteiger partial charge in [0.25, 0.3) is 11.8 Å². The largest absolute Gasteiger partial charge is 0.368 e. The van der Waals surface area contributed by atoms with E-state index in [1.54, 1.807) is 12.1 Å². The van der Waals surface area contributed by atoms with E-state index in [0.29, 0.717) is 22.4 Å². The Hall–Kier alpha value is -2.50. The van der Waals surface area contributed by atoms with Crippen LogP contribution in [-0.2, 0) is 4.79 Å². The van der Waals surface area contributed by atoms with Gasteiger partial charge in [-0.25, -0.2) is 0 Å². The molecule has 1 aromatic rings. The number of carbonyl (C=O) groups is 2. The summed E-state index contributed by atoms with van der Waals surface area (Å²) in [4.78, 5) is 35.5. The van der Waals surface area contributed by atoms with Gasteiger partial charge in [-0.05, 0) is 47.8 Å². The average molecular weight is 383 g/mol. The molecule has 2 unspecified atom stereocenters. The average Bonchev–Trinajstić information content (AvgIpc) is 2.89. The molecule has 0 radical (unpaired) electrons. The molecule has 6 heteroatoms. The van der Waals surface area contributed by atoms with Crippen molar-refractivity contribution in [3.63, 3.8) is 0 Å². The first-order chi connectivity index (χ1) is 13.1. The Morgan fingerprint density at radius 1 is 1.18 bits per heavy atom. The molecule has 2 amide bonds. The zero-order valence-corrected chi connectivity index (χ0v) is 17.0. The third kappa shape index (κ3) is 4.32. The Morgan fingerprint density at radius 3 is 2.46 bits per heavy atom. The van der Waals surface area contributed by atoms with Crippen LogP contribution in [0.1, 0.15) is 62.4 Å². The maximum atomic E-state index is 12.2. The molecule has 28 heavy (non-hydrogen) atoms. The summed E-state index contributed by atoms with van der Waals surface area (Å²) in [5, 5.41) is 4.93. The van der Waals surface area contributed by atoms with Gasteiger partial charge in [-0.3, -0.25) is 9.59 Å². The Labute approximate surface area is 166 Å². The van der Waals surface area contributed by atoms with Gasteiger partial charge in [0.05, 0.1) is 0 Å². The van der Waals surface area contributed by atoms with Crippen LogP contribution in [0.4, 0.5) is 0 Å². The van der Waals surface area contributed by atoms with E-state index in [9.17, 15) is 14.5 Å². The fourth-order valence-electron chi connectivity index (χ4n) is 5.19. The van der Waals surface area contributed by atoms with Crippen LogP contribution >= 0.6 is 0 Å². The first kappa shape index (κ1) is 20.2. The van der Waals surface area contributed by atoms with Crippen molar-refractivity contribution in [1.82, 2.24) is 10.2 Å². The molecule has 2 atom stereocenters. The summed E-state index contributed by atoms with van der Waals surface area (Å²) < 4.78 is 0. The molecule has 6 nitrogen and oxygen atoms in total. The minimum absolute atomic E-state index is 0.0877. The number of hydrogen-bond donors (Lipinski definition) is 1. The molecule has 3 rings (SSSR count). The van der Waals surface area contributed by atoms with E-state index in [-0.39, 0.29) is 18.9 Å². The Balaban J connectivity index is 1.64. The van der Waals surface area contributed by atoms with E-state index < -0.39 is 5.91 Å². The highest BCUT2D eigenvalue weighted by molar-refractivity contribution is 5.94. The Morgan fingerprint density at radius 2 is 1.82 bits per heavy atom. The number of rotatable bonds is 6. The van der Waals surface area contributed by atoms with Crippen molar-refractivity contribution in [3.05, 3.63) is 46.9 Å². The van der Waals surface area contributed by atoms with Gasteiger partial charge in [0, 0.05) is 42.0 Å². The second-order valence-corrected chi connectivity index (χ2v) is 9.36. The van der Waals surface area contributed by atoms with Gasteiger partial charge in [0.2, 0.25) is 0 Å². The Bertz CT molecular complexity index is 800. The zero-order chi connectivity index (χ0) is 20.5. The molecule has 2 bridgehead atoms. The van der Waals surface area contributed by atoms with Gasteiger partial charge in [-0.2, -0.15) is 0 Å². The maximum Gasteiger partial charge on any atom is 0.288 e. The lowest BCUT2D eigenvalue weighted by Gasteiger charge is -2.39. The molecule has 1 heterocycles. The van der Waals surface area contributed by atoms with Crippen LogP contribution in [-0.4, -0.2) is 35.8 Å². The van der Waals surface area contributed by atoms with Crippen molar-refractivity contribution < 1.29 is 9.59 Å². The van der Waals surface area contributed by atoms with Crippen LogP contribution in [0.15, 0.2) is 36.0 Å². The van der Waals surface area contributed by atoms with E-state index in [2.05, 4.69) is 42.7 Å². The molecule has 1 aliphatic heterocycles. The Kier molecular flexibility index (Phi) is 5.41. The number of fused-ring (bicyclic) bond motifs is 2. The fraction of sp³-hybridized carbons (Fsp3) is 0.545. The van der Waals surface area contributed by atoms with Gasteiger partial charge in [-0.15, -0.1) is 4.91 Å². The van der Waals surface area contributed by atoms with Gasteiger partial charge in [-0.1, -0.05) is 39.5 Å². The van der Waals surface area contributed by atoms with Crippen LogP contribution in [0, 0.1) is 15.7 Å². The number of benzene rings is 1. The lowest BCUT2D eigenvalue weighted by Crippen LogP contribution is -2.34. The summed E-state index contributed by atoms with van der Waals surface area (Å²) in [7, 11) is 0. The van der Waals surface area contributed by atoms with Gasteiger partial charge in [0.15, 0.2) is 0 Å². The summed E-state index contributed by atoms with van der Waals surface area (Å²) in [6, 6.07) is 7.90. The first-order valence-electron chi connectivity index (χ1n) is 9.83. The van der Waals surface area contributed by atoms with Crippen molar-refractivity contribution in [2.45, 2.75) is 52.5 Å². The summed E-state index contributed by atoms with van der Waals surface area (Å²) in [6.07, 6.45) is 3.54. The molecule has 1 saturated carbocycles. The molecule has 1 saturated heterocycles. The van der Waals surface area contributed by atoms with Crippen LogP contribution < -0.4 is 5.32 Å². The van der Waals surface area contributed by atoms with E-state index in [4.69, 9.17) is 0 Å². The van der Waals surface area contributed by atoms with Crippen molar-refractivity contribution >= 4 is 17.5 Å². The number of likely N-dealkylation sites (tertiary alicyclic amines) is 1. The van der Waals surface area contributed by atoms with E-state index >= 15 is 0 Å². The number of hydrogen-bond acceptors (Lipinski definition) is 4. The third-order valence-electron chi connectivity index (χ3n) is 5.97. The quantitative estimate of drug-likeness (QED) is 0.754. The van der Waals surface area contributed by atoms with Crippen molar-refractivity contribution in [3.8, 4) is 0 Å². The monoisotopic (exact) mass is 383 g/mol. The molecule has 0 aromatic heterocycles. The summed E-state index contributed by atoms with van der Waals surface area (Å²) in [5.74, 6) is -1.04. The highest BCUT2D eigenvalue weighted by Gasteiger charge is 2.49. The highest BCUT2D eigenvalue weighted by atomic mass is 16.3. The van der Waals surface area contributed by atoms with Gasteiger partial charge >= 0.3 is 0 Å². The molecular formula is C22H29N3O3. The smallest absolute Gasteiger partial charge is 0.288 e. The van der Waals surface area contributed by atoms with Crippen LogP contribution in [0.2, 0.25) is 0 Å². The molecule has 1 aliphatic carbocycles. The van der Waals surface area contributed by atoms with Crippen molar-refractivity contribution in [1.29, 1.82) is 0 Å². The number of nitrogens with zero attached hydrogens (tertiary/aromatic N) is 2. The topological polar surface area (TPSA) is 78.8 Å². The molecule has 1 N–H and O–H groups in total. The second-order valence-electron chi connectivity index (χ2n) is 9.36. The lowest BCUT2D eigenvalue weighted by atomic mass is 9.65. The minimum atomic E-state index is -0.764. The number of carbonyl (C=O) groups excluding carboxylic acids is 2. The van der Waals surface area contributed by atoms with Gasteiger partial charge in [0.1, 0.15) is 0 Å². The minimum Gasteiger partial charge on any atom is -0.368 e. The number of nitrogens with one attached hydrogen (secondary N) is 1. The van der Waals surface area contributed by atoms with Crippen LogP contribution in [0.25, 0.3) is 5.70 Å².